The van der Waals surface area contributed by atoms with E-state index < -0.39 is 0 Å². The van der Waals surface area contributed by atoms with E-state index in [2.05, 4.69) is 4.90 Å². The van der Waals surface area contributed by atoms with Gasteiger partial charge in [0.05, 0.1) is 18.0 Å². The van der Waals surface area contributed by atoms with Gasteiger partial charge in [-0.05, 0) is 30.2 Å². The van der Waals surface area contributed by atoms with Crippen LogP contribution in [0.5, 0.6) is 5.75 Å². The number of rotatable bonds is 2. The molecule has 4 heteroatoms. The van der Waals surface area contributed by atoms with Gasteiger partial charge in [0.2, 0.25) is 0 Å². The Balaban J connectivity index is 1.92. The standard InChI is InChI=1S/C16H17FN2O/c17-13-6-3-5-12(16(13)18)11-19-9-4-10-20-15-8-2-1-7-14(15)19/h1-3,5-8H,4,9-11,18H2. The van der Waals surface area contributed by atoms with Crippen LogP contribution in [-0.4, -0.2) is 13.2 Å². The summed E-state index contributed by atoms with van der Waals surface area (Å²) >= 11 is 0. The Kier molecular flexibility index (Phi) is 3.46. The fourth-order valence-corrected chi connectivity index (χ4v) is 2.49. The Morgan fingerprint density at radius 1 is 1.15 bits per heavy atom. The maximum atomic E-state index is 13.5. The molecule has 104 valence electrons. The first-order chi connectivity index (χ1) is 9.75. The molecule has 0 unspecified atom stereocenters. The van der Waals surface area contributed by atoms with Crippen molar-refractivity contribution in [2.24, 2.45) is 0 Å². The van der Waals surface area contributed by atoms with Crippen LogP contribution in [0.1, 0.15) is 12.0 Å². The lowest BCUT2D eigenvalue weighted by Gasteiger charge is -2.24. The van der Waals surface area contributed by atoms with E-state index in [1.807, 2.05) is 30.3 Å². The minimum absolute atomic E-state index is 0.232. The second-order valence-electron chi connectivity index (χ2n) is 4.90. The van der Waals surface area contributed by atoms with E-state index in [0.29, 0.717) is 13.2 Å². The van der Waals surface area contributed by atoms with Crippen molar-refractivity contribution < 1.29 is 9.13 Å². The zero-order valence-corrected chi connectivity index (χ0v) is 11.2. The van der Waals surface area contributed by atoms with Gasteiger partial charge < -0.3 is 15.4 Å². The van der Waals surface area contributed by atoms with Crippen LogP contribution in [0.2, 0.25) is 0 Å². The number of hydrogen-bond donors (Lipinski definition) is 1. The molecule has 0 saturated heterocycles. The number of halogens is 1. The van der Waals surface area contributed by atoms with Gasteiger partial charge in [-0.25, -0.2) is 4.39 Å². The van der Waals surface area contributed by atoms with E-state index in [1.165, 1.54) is 6.07 Å². The van der Waals surface area contributed by atoms with Gasteiger partial charge in [0.25, 0.3) is 0 Å². The van der Waals surface area contributed by atoms with E-state index >= 15 is 0 Å². The Hall–Kier alpha value is -2.23. The number of nitrogen functional groups attached to an aromatic ring is 1. The average molecular weight is 272 g/mol. The maximum Gasteiger partial charge on any atom is 0.146 e. The lowest BCUT2D eigenvalue weighted by molar-refractivity contribution is 0.322. The molecule has 2 N–H and O–H groups in total. The van der Waals surface area contributed by atoms with Crippen LogP contribution in [0.4, 0.5) is 15.8 Å². The highest BCUT2D eigenvalue weighted by molar-refractivity contribution is 5.60. The van der Waals surface area contributed by atoms with Crippen molar-refractivity contribution in [2.45, 2.75) is 13.0 Å². The molecule has 20 heavy (non-hydrogen) atoms. The highest BCUT2D eigenvalue weighted by atomic mass is 19.1. The molecule has 1 aliphatic rings. The number of hydrogen-bond acceptors (Lipinski definition) is 3. The van der Waals surface area contributed by atoms with Gasteiger partial charge in [-0.15, -0.1) is 0 Å². The van der Waals surface area contributed by atoms with Gasteiger partial charge >= 0.3 is 0 Å². The second-order valence-corrected chi connectivity index (χ2v) is 4.90. The second kappa shape index (κ2) is 5.41. The van der Waals surface area contributed by atoms with Crippen LogP contribution >= 0.6 is 0 Å². The largest absolute Gasteiger partial charge is 0.491 e. The molecule has 0 aliphatic carbocycles. The van der Waals surface area contributed by atoms with E-state index in [0.717, 1.165) is 30.0 Å². The highest BCUT2D eigenvalue weighted by Gasteiger charge is 2.17. The zero-order valence-electron chi connectivity index (χ0n) is 11.2. The molecule has 1 heterocycles. The van der Waals surface area contributed by atoms with Gasteiger partial charge in [-0.1, -0.05) is 24.3 Å². The van der Waals surface area contributed by atoms with Crippen LogP contribution in [0.3, 0.4) is 0 Å². The molecule has 2 aromatic rings. The third kappa shape index (κ3) is 2.41. The molecule has 1 aliphatic heterocycles. The molecule has 0 saturated carbocycles. The first kappa shape index (κ1) is 12.8. The molecular formula is C16H17FN2O. The van der Waals surface area contributed by atoms with Crippen LogP contribution in [0.25, 0.3) is 0 Å². The lowest BCUT2D eigenvalue weighted by atomic mass is 10.1. The molecule has 3 rings (SSSR count). The molecule has 0 atom stereocenters. The number of nitrogens with two attached hydrogens (primary N) is 1. The summed E-state index contributed by atoms with van der Waals surface area (Å²) in [4.78, 5) is 2.19. The molecule has 3 nitrogen and oxygen atoms in total. The Morgan fingerprint density at radius 3 is 2.90 bits per heavy atom. The predicted octanol–water partition coefficient (Wildman–Crippen LogP) is 3.20. The number of benzene rings is 2. The zero-order chi connectivity index (χ0) is 13.9. The van der Waals surface area contributed by atoms with Gasteiger partial charge in [0.1, 0.15) is 11.6 Å². The summed E-state index contributed by atoms with van der Waals surface area (Å²) < 4.78 is 19.3. The van der Waals surface area contributed by atoms with E-state index in [1.54, 1.807) is 6.07 Å². The molecular weight excluding hydrogens is 255 g/mol. The van der Waals surface area contributed by atoms with Gasteiger partial charge in [0, 0.05) is 13.1 Å². The Morgan fingerprint density at radius 2 is 2.00 bits per heavy atom. The third-order valence-corrected chi connectivity index (χ3v) is 3.54. The van der Waals surface area contributed by atoms with Gasteiger partial charge in [0.15, 0.2) is 0 Å². The summed E-state index contributed by atoms with van der Waals surface area (Å²) in [7, 11) is 0. The minimum Gasteiger partial charge on any atom is -0.491 e. The van der Waals surface area contributed by atoms with Gasteiger partial charge in [-0.2, -0.15) is 0 Å². The Bertz CT molecular complexity index is 615. The minimum atomic E-state index is -0.359. The van der Waals surface area contributed by atoms with E-state index in [4.69, 9.17) is 10.5 Å². The summed E-state index contributed by atoms with van der Waals surface area (Å²) in [5.74, 6) is 0.516. The highest BCUT2D eigenvalue weighted by Crippen LogP contribution is 2.32. The molecule has 0 amide bonds. The van der Waals surface area contributed by atoms with Crippen molar-refractivity contribution in [3.05, 3.63) is 53.8 Å². The fraction of sp³-hybridized carbons (Fsp3) is 0.250. The Labute approximate surface area is 117 Å². The molecule has 0 aromatic heterocycles. The van der Waals surface area contributed by atoms with Crippen LogP contribution in [-0.2, 0) is 6.54 Å². The number of para-hydroxylation sites is 3. The quantitative estimate of drug-likeness (QED) is 0.853. The number of fused-ring (bicyclic) bond motifs is 1. The number of anilines is 2. The van der Waals surface area contributed by atoms with Crippen molar-refractivity contribution in [2.75, 3.05) is 23.8 Å². The van der Waals surface area contributed by atoms with Crippen LogP contribution in [0, 0.1) is 5.82 Å². The van der Waals surface area contributed by atoms with Crippen molar-refractivity contribution in [3.8, 4) is 5.75 Å². The molecule has 2 aromatic carbocycles. The topological polar surface area (TPSA) is 38.5 Å². The first-order valence-corrected chi connectivity index (χ1v) is 6.75. The molecule has 0 bridgehead atoms. The summed E-state index contributed by atoms with van der Waals surface area (Å²) in [6.07, 6.45) is 0.934. The van der Waals surface area contributed by atoms with Crippen LogP contribution < -0.4 is 15.4 Å². The average Bonchev–Trinajstić information content (AvgIpc) is 2.67. The van der Waals surface area contributed by atoms with Crippen molar-refractivity contribution in [1.82, 2.24) is 0 Å². The first-order valence-electron chi connectivity index (χ1n) is 6.75. The maximum absolute atomic E-state index is 13.5. The summed E-state index contributed by atoms with van der Waals surface area (Å²) in [6, 6.07) is 12.9. The van der Waals surface area contributed by atoms with E-state index in [-0.39, 0.29) is 11.5 Å². The van der Waals surface area contributed by atoms with Crippen molar-refractivity contribution in [1.29, 1.82) is 0 Å². The monoisotopic (exact) mass is 272 g/mol. The predicted molar refractivity (Wildman–Crippen MR) is 78.4 cm³/mol. The normalized spacial score (nSPS) is 14.3. The summed E-state index contributed by atoms with van der Waals surface area (Å²) in [5.41, 5.74) is 7.90. The van der Waals surface area contributed by atoms with Crippen molar-refractivity contribution >= 4 is 11.4 Å². The summed E-state index contributed by atoms with van der Waals surface area (Å²) in [6.45, 7) is 2.16. The van der Waals surface area contributed by atoms with Crippen LogP contribution in [0.15, 0.2) is 42.5 Å². The molecule has 0 spiro atoms. The van der Waals surface area contributed by atoms with E-state index in [9.17, 15) is 4.39 Å². The lowest BCUT2D eigenvalue weighted by Crippen LogP contribution is -2.24. The molecule has 0 fully saturated rings. The molecule has 0 radical (unpaired) electrons. The smallest absolute Gasteiger partial charge is 0.146 e. The number of nitrogens with zero attached hydrogens (tertiary/aromatic N) is 1. The van der Waals surface area contributed by atoms with Crippen molar-refractivity contribution in [3.63, 3.8) is 0 Å². The van der Waals surface area contributed by atoms with Gasteiger partial charge in [-0.3, -0.25) is 0 Å². The fourth-order valence-electron chi connectivity index (χ4n) is 2.49. The third-order valence-electron chi connectivity index (χ3n) is 3.54. The number of ether oxygens (including phenoxy) is 1. The SMILES string of the molecule is Nc1c(F)cccc1CN1CCCOc2ccccc21. The summed E-state index contributed by atoms with van der Waals surface area (Å²) in [5, 5.41) is 0.